The van der Waals surface area contributed by atoms with Gasteiger partial charge >= 0.3 is 0 Å². The van der Waals surface area contributed by atoms with Crippen molar-refractivity contribution < 1.29 is 0 Å². The van der Waals surface area contributed by atoms with E-state index in [1.165, 1.54) is 32.1 Å². The molecule has 0 radical (unpaired) electrons. The average Bonchev–Trinajstić information content (AvgIpc) is 2.27. The number of hydrogen-bond donors (Lipinski definition) is 2. The molecule has 1 atom stereocenters. The summed E-state index contributed by atoms with van der Waals surface area (Å²) < 4.78 is 0. The Morgan fingerprint density at radius 1 is 1.20 bits per heavy atom. The Morgan fingerprint density at radius 2 is 1.93 bits per heavy atom. The quantitative estimate of drug-likeness (QED) is 0.503. The minimum absolute atomic E-state index is 0.792. The molecule has 0 fully saturated rings. The lowest BCUT2D eigenvalue weighted by atomic mass is 9.97. The standard InChI is InChI=1S/C12H27N3/c1-5-7-9-11(8-6-2)10-15-12(13-3)14-4/h11H,5-10H2,1-4H3,(H2,13,14,15). The topological polar surface area (TPSA) is 36.4 Å². The van der Waals surface area contributed by atoms with E-state index < -0.39 is 0 Å². The van der Waals surface area contributed by atoms with Crippen molar-refractivity contribution >= 4 is 5.96 Å². The van der Waals surface area contributed by atoms with Crippen LogP contribution in [0.2, 0.25) is 0 Å². The van der Waals surface area contributed by atoms with E-state index >= 15 is 0 Å². The molecular formula is C12H27N3. The van der Waals surface area contributed by atoms with Crippen LogP contribution < -0.4 is 10.6 Å². The van der Waals surface area contributed by atoms with Crippen LogP contribution in [0.15, 0.2) is 4.99 Å². The number of nitrogens with zero attached hydrogens (tertiary/aromatic N) is 1. The lowest BCUT2D eigenvalue weighted by Gasteiger charge is -2.17. The summed E-state index contributed by atoms with van der Waals surface area (Å²) in [4.78, 5) is 4.11. The second-order valence-corrected chi connectivity index (χ2v) is 4.00. The average molecular weight is 213 g/mol. The molecule has 0 bridgehead atoms. The Labute approximate surface area is 94.7 Å². The van der Waals surface area contributed by atoms with Crippen molar-refractivity contribution in [3.63, 3.8) is 0 Å². The van der Waals surface area contributed by atoms with Crippen LogP contribution in [0.5, 0.6) is 0 Å². The van der Waals surface area contributed by atoms with Gasteiger partial charge in [0.1, 0.15) is 0 Å². The normalized spacial score (nSPS) is 13.7. The molecule has 3 heteroatoms. The van der Waals surface area contributed by atoms with Gasteiger partial charge in [0, 0.05) is 20.6 Å². The van der Waals surface area contributed by atoms with E-state index in [4.69, 9.17) is 0 Å². The Kier molecular flexibility index (Phi) is 9.33. The van der Waals surface area contributed by atoms with Crippen LogP contribution >= 0.6 is 0 Å². The number of aliphatic imine (C=N–C) groups is 1. The molecule has 0 saturated carbocycles. The van der Waals surface area contributed by atoms with Crippen LogP contribution in [-0.2, 0) is 0 Å². The zero-order chi connectivity index (χ0) is 11.5. The maximum Gasteiger partial charge on any atom is 0.190 e. The number of rotatable bonds is 7. The molecule has 90 valence electrons. The highest BCUT2D eigenvalue weighted by Crippen LogP contribution is 2.13. The van der Waals surface area contributed by atoms with Crippen molar-refractivity contribution in [3.05, 3.63) is 0 Å². The first-order valence-electron chi connectivity index (χ1n) is 6.16. The Balaban J connectivity index is 3.83. The van der Waals surface area contributed by atoms with Gasteiger partial charge in [-0.25, -0.2) is 0 Å². The maximum atomic E-state index is 4.11. The van der Waals surface area contributed by atoms with E-state index in [0.29, 0.717) is 0 Å². The largest absolute Gasteiger partial charge is 0.359 e. The molecule has 1 unspecified atom stereocenters. The Morgan fingerprint density at radius 3 is 2.40 bits per heavy atom. The van der Waals surface area contributed by atoms with Gasteiger partial charge in [0.25, 0.3) is 0 Å². The van der Waals surface area contributed by atoms with E-state index in [-0.39, 0.29) is 0 Å². The molecule has 0 aliphatic rings. The summed E-state index contributed by atoms with van der Waals surface area (Å²) in [5.41, 5.74) is 0. The number of guanidine groups is 1. The van der Waals surface area contributed by atoms with Crippen LogP contribution in [0.1, 0.15) is 46.0 Å². The lowest BCUT2D eigenvalue weighted by molar-refractivity contribution is 0.423. The zero-order valence-corrected chi connectivity index (χ0v) is 10.8. The number of nitrogens with one attached hydrogen (secondary N) is 2. The molecule has 0 aromatic heterocycles. The van der Waals surface area contributed by atoms with Crippen LogP contribution in [0, 0.1) is 5.92 Å². The fourth-order valence-electron chi connectivity index (χ4n) is 1.77. The Bertz CT molecular complexity index is 166. The summed E-state index contributed by atoms with van der Waals surface area (Å²) in [5, 5.41) is 6.40. The van der Waals surface area contributed by atoms with Gasteiger partial charge in [0.05, 0.1) is 0 Å². The summed E-state index contributed by atoms with van der Waals surface area (Å²) >= 11 is 0. The van der Waals surface area contributed by atoms with Crippen LogP contribution in [0.25, 0.3) is 0 Å². The highest BCUT2D eigenvalue weighted by atomic mass is 15.1. The van der Waals surface area contributed by atoms with E-state index in [1.54, 1.807) is 7.05 Å². The highest BCUT2D eigenvalue weighted by molar-refractivity contribution is 5.79. The molecule has 15 heavy (non-hydrogen) atoms. The minimum atomic E-state index is 0.792. The third-order valence-electron chi connectivity index (χ3n) is 2.68. The van der Waals surface area contributed by atoms with Crippen molar-refractivity contribution in [1.29, 1.82) is 0 Å². The maximum absolute atomic E-state index is 4.11. The second-order valence-electron chi connectivity index (χ2n) is 4.00. The molecule has 0 heterocycles. The van der Waals surface area contributed by atoms with E-state index in [0.717, 1.165) is 18.4 Å². The molecule has 3 nitrogen and oxygen atoms in total. The zero-order valence-electron chi connectivity index (χ0n) is 10.8. The van der Waals surface area contributed by atoms with E-state index in [2.05, 4.69) is 29.5 Å². The first-order chi connectivity index (χ1) is 7.28. The van der Waals surface area contributed by atoms with Crippen LogP contribution in [0.4, 0.5) is 0 Å². The van der Waals surface area contributed by atoms with Gasteiger partial charge in [-0.05, 0) is 18.8 Å². The Hall–Kier alpha value is -0.730. The van der Waals surface area contributed by atoms with Gasteiger partial charge in [-0.1, -0.05) is 33.1 Å². The summed E-state index contributed by atoms with van der Waals surface area (Å²) in [7, 11) is 3.70. The first-order valence-corrected chi connectivity index (χ1v) is 6.16. The van der Waals surface area contributed by atoms with Crippen molar-refractivity contribution in [1.82, 2.24) is 10.6 Å². The van der Waals surface area contributed by atoms with Crippen molar-refractivity contribution in [2.45, 2.75) is 46.0 Å². The highest BCUT2D eigenvalue weighted by Gasteiger charge is 2.07. The summed E-state index contributed by atoms with van der Waals surface area (Å²) in [6.45, 7) is 5.55. The van der Waals surface area contributed by atoms with Gasteiger partial charge in [0.15, 0.2) is 5.96 Å². The number of hydrogen-bond acceptors (Lipinski definition) is 1. The molecule has 2 N–H and O–H groups in total. The molecule has 0 aliphatic carbocycles. The van der Waals surface area contributed by atoms with Crippen molar-refractivity contribution in [3.8, 4) is 0 Å². The monoisotopic (exact) mass is 213 g/mol. The summed E-state index contributed by atoms with van der Waals surface area (Å²) in [6, 6.07) is 0. The fraction of sp³-hybridized carbons (Fsp3) is 0.917. The molecule has 0 spiro atoms. The lowest BCUT2D eigenvalue weighted by Crippen LogP contribution is -2.37. The van der Waals surface area contributed by atoms with Gasteiger partial charge in [0.2, 0.25) is 0 Å². The smallest absolute Gasteiger partial charge is 0.190 e. The fourth-order valence-corrected chi connectivity index (χ4v) is 1.77. The van der Waals surface area contributed by atoms with Crippen molar-refractivity contribution in [2.24, 2.45) is 10.9 Å². The molecule has 0 aliphatic heterocycles. The van der Waals surface area contributed by atoms with Crippen LogP contribution in [-0.4, -0.2) is 26.6 Å². The first kappa shape index (κ1) is 14.3. The molecular weight excluding hydrogens is 186 g/mol. The molecule has 0 amide bonds. The predicted molar refractivity (Wildman–Crippen MR) is 68.3 cm³/mol. The second kappa shape index (κ2) is 9.81. The molecule has 0 rings (SSSR count). The van der Waals surface area contributed by atoms with E-state index in [1.807, 2.05) is 7.05 Å². The van der Waals surface area contributed by atoms with Gasteiger partial charge < -0.3 is 10.6 Å². The van der Waals surface area contributed by atoms with Gasteiger partial charge in [-0.15, -0.1) is 0 Å². The molecule has 0 aromatic carbocycles. The SMILES string of the molecule is CCCCC(CCC)CNC(=NC)NC. The summed E-state index contributed by atoms with van der Waals surface area (Å²) in [6.07, 6.45) is 6.55. The summed E-state index contributed by atoms with van der Waals surface area (Å²) in [5.74, 6) is 1.69. The third kappa shape index (κ3) is 7.23. The third-order valence-corrected chi connectivity index (χ3v) is 2.68. The molecule has 0 saturated heterocycles. The van der Waals surface area contributed by atoms with E-state index in [9.17, 15) is 0 Å². The van der Waals surface area contributed by atoms with Crippen molar-refractivity contribution in [2.75, 3.05) is 20.6 Å². The van der Waals surface area contributed by atoms with Gasteiger partial charge in [-0.2, -0.15) is 0 Å². The molecule has 0 aromatic rings. The minimum Gasteiger partial charge on any atom is -0.359 e. The predicted octanol–water partition coefficient (Wildman–Crippen LogP) is 2.39. The van der Waals surface area contributed by atoms with Crippen LogP contribution in [0.3, 0.4) is 0 Å². The van der Waals surface area contributed by atoms with Gasteiger partial charge in [-0.3, -0.25) is 4.99 Å². The number of unbranched alkanes of at least 4 members (excludes halogenated alkanes) is 1.